The molecule has 4 heteroatoms. The molecule has 1 aromatic carbocycles. The van der Waals surface area contributed by atoms with Crippen molar-refractivity contribution in [3.05, 3.63) is 53.6 Å². The molecule has 0 saturated carbocycles. The van der Waals surface area contributed by atoms with Crippen LogP contribution in [-0.2, 0) is 19.1 Å². The summed E-state index contributed by atoms with van der Waals surface area (Å²) in [4.78, 5) is 25.1. The van der Waals surface area contributed by atoms with Crippen LogP contribution in [0.5, 0.6) is 0 Å². The monoisotopic (exact) mass is 370 g/mol. The summed E-state index contributed by atoms with van der Waals surface area (Å²) in [6, 6.07) is 8.12. The Hall–Kier alpha value is -2.36. The average molecular weight is 370 g/mol. The summed E-state index contributed by atoms with van der Waals surface area (Å²) >= 11 is 0. The minimum Gasteiger partial charge on any atom is -0.469 e. The summed E-state index contributed by atoms with van der Waals surface area (Å²) in [5.74, 6) is -2.17. The van der Waals surface area contributed by atoms with Crippen molar-refractivity contribution in [2.75, 3.05) is 14.2 Å². The molecule has 0 radical (unpaired) electrons. The number of hydrogen-bond donors (Lipinski definition) is 0. The smallest absolute Gasteiger partial charge is 0.310 e. The molecule has 1 aromatic rings. The summed E-state index contributed by atoms with van der Waals surface area (Å²) in [7, 11) is 2.73. The van der Waals surface area contributed by atoms with Gasteiger partial charge in [0.2, 0.25) is 0 Å². The number of benzene rings is 1. The van der Waals surface area contributed by atoms with Gasteiger partial charge in [-0.25, -0.2) is 0 Å². The van der Waals surface area contributed by atoms with Crippen molar-refractivity contribution in [1.29, 1.82) is 0 Å². The van der Waals surface area contributed by atoms with E-state index in [1.807, 2.05) is 24.3 Å². The number of carbonyl (C=O) groups is 2. The standard InChI is InChI=1S/C23H30O4/c1-15-10-7-8-11-16(15)19(14-23(2,3)4)17-12-9-13-18(21(24)26-5)20(17)22(25)27-6/h7-12,14,17-18,20H,13H2,1-6H3/b19-14+/t17-,18-,20-/m1/s1. The van der Waals surface area contributed by atoms with Gasteiger partial charge in [-0.3, -0.25) is 9.59 Å². The molecule has 3 atom stereocenters. The maximum Gasteiger partial charge on any atom is 0.310 e. The molecule has 0 spiro atoms. The van der Waals surface area contributed by atoms with E-state index in [4.69, 9.17) is 9.47 Å². The fourth-order valence-electron chi connectivity index (χ4n) is 3.74. The van der Waals surface area contributed by atoms with Crippen molar-refractivity contribution < 1.29 is 19.1 Å². The van der Waals surface area contributed by atoms with Crippen LogP contribution in [0.15, 0.2) is 42.5 Å². The van der Waals surface area contributed by atoms with Crippen LogP contribution in [0.1, 0.15) is 38.3 Å². The summed E-state index contributed by atoms with van der Waals surface area (Å²) in [5.41, 5.74) is 3.16. The largest absolute Gasteiger partial charge is 0.469 e. The first-order valence-corrected chi connectivity index (χ1v) is 9.30. The second kappa shape index (κ2) is 8.55. The van der Waals surface area contributed by atoms with Gasteiger partial charge in [-0.15, -0.1) is 0 Å². The van der Waals surface area contributed by atoms with E-state index in [2.05, 4.69) is 45.9 Å². The second-order valence-electron chi connectivity index (χ2n) is 8.15. The van der Waals surface area contributed by atoms with Crippen LogP contribution < -0.4 is 0 Å². The van der Waals surface area contributed by atoms with Gasteiger partial charge in [0, 0.05) is 5.92 Å². The number of carbonyl (C=O) groups excluding carboxylic acids is 2. The number of allylic oxidation sites excluding steroid dienone is 4. The first kappa shape index (κ1) is 20.9. The van der Waals surface area contributed by atoms with Gasteiger partial charge >= 0.3 is 11.9 Å². The van der Waals surface area contributed by atoms with Gasteiger partial charge in [0.25, 0.3) is 0 Å². The number of ether oxygens (including phenoxy) is 2. The van der Waals surface area contributed by atoms with Crippen LogP contribution in [0, 0.1) is 30.1 Å². The fraction of sp³-hybridized carbons (Fsp3) is 0.478. The van der Waals surface area contributed by atoms with Crippen molar-refractivity contribution in [3.63, 3.8) is 0 Å². The lowest BCUT2D eigenvalue weighted by molar-refractivity contribution is -0.158. The zero-order chi connectivity index (χ0) is 20.2. The van der Waals surface area contributed by atoms with E-state index in [1.165, 1.54) is 14.2 Å². The highest BCUT2D eigenvalue weighted by Crippen LogP contribution is 2.42. The van der Waals surface area contributed by atoms with E-state index < -0.39 is 11.8 Å². The Labute approximate surface area is 162 Å². The molecule has 146 valence electrons. The highest BCUT2D eigenvalue weighted by atomic mass is 16.5. The van der Waals surface area contributed by atoms with Gasteiger partial charge in [0.05, 0.1) is 26.1 Å². The second-order valence-corrected chi connectivity index (χ2v) is 8.15. The maximum atomic E-state index is 12.7. The Morgan fingerprint density at radius 1 is 1.07 bits per heavy atom. The Morgan fingerprint density at radius 2 is 1.70 bits per heavy atom. The quantitative estimate of drug-likeness (QED) is 0.575. The average Bonchev–Trinajstić information content (AvgIpc) is 2.64. The van der Waals surface area contributed by atoms with Gasteiger partial charge in [-0.1, -0.05) is 63.3 Å². The summed E-state index contributed by atoms with van der Waals surface area (Å²) < 4.78 is 10.1. The normalized spacial score (nSPS) is 23.0. The summed E-state index contributed by atoms with van der Waals surface area (Å²) in [6.45, 7) is 8.44. The maximum absolute atomic E-state index is 12.7. The topological polar surface area (TPSA) is 52.6 Å². The first-order chi connectivity index (χ1) is 12.7. The molecule has 27 heavy (non-hydrogen) atoms. The van der Waals surface area contributed by atoms with E-state index in [0.717, 1.165) is 16.7 Å². The minimum atomic E-state index is -0.611. The molecule has 0 fully saturated rings. The number of rotatable bonds is 4. The van der Waals surface area contributed by atoms with Gasteiger partial charge < -0.3 is 9.47 Å². The van der Waals surface area contributed by atoms with Crippen molar-refractivity contribution in [2.45, 2.75) is 34.1 Å². The third-order valence-electron chi connectivity index (χ3n) is 4.93. The van der Waals surface area contributed by atoms with E-state index in [0.29, 0.717) is 6.42 Å². The van der Waals surface area contributed by atoms with Crippen LogP contribution in [0.4, 0.5) is 0 Å². The van der Waals surface area contributed by atoms with Crippen molar-refractivity contribution in [2.24, 2.45) is 23.2 Å². The predicted octanol–water partition coefficient (Wildman–Crippen LogP) is 4.58. The highest BCUT2D eigenvalue weighted by molar-refractivity contribution is 5.86. The Bertz CT molecular complexity index is 752. The molecule has 0 amide bonds. The van der Waals surface area contributed by atoms with Crippen molar-refractivity contribution in [1.82, 2.24) is 0 Å². The van der Waals surface area contributed by atoms with E-state index in [-0.39, 0.29) is 23.3 Å². The summed E-state index contributed by atoms with van der Waals surface area (Å²) in [5, 5.41) is 0. The molecule has 1 aliphatic carbocycles. The fourth-order valence-corrected chi connectivity index (χ4v) is 3.74. The zero-order valence-corrected chi connectivity index (χ0v) is 17.1. The van der Waals surface area contributed by atoms with E-state index >= 15 is 0 Å². The third-order valence-corrected chi connectivity index (χ3v) is 4.93. The Balaban J connectivity index is 2.65. The van der Waals surface area contributed by atoms with Gasteiger partial charge in [-0.05, 0) is 35.5 Å². The number of esters is 2. The Kier molecular flexibility index (Phi) is 6.63. The third kappa shape index (κ3) is 4.88. The van der Waals surface area contributed by atoms with Crippen LogP contribution in [0.25, 0.3) is 5.57 Å². The lowest BCUT2D eigenvalue weighted by atomic mass is 9.69. The zero-order valence-electron chi connectivity index (χ0n) is 17.1. The molecule has 1 aliphatic rings. The molecule has 2 rings (SSSR count). The lowest BCUT2D eigenvalue weighted by Crippen LogP contribution is -2.38. The molecular weight excluding hydrogens is 340 g/mol. The van der Waals surface area contributed by atoms with Gasteiger partial charge in [0.15, 0.2) is 0 Å². The van der Waals surface area contributed by atoms with Gasteiger partial charge in [0.1, 0.15) is 0 Å². The van der Waals surface area contributed by atoms with Crippen molar-refractivity contribution >= 4 is 17.5 Å². The number of hydrogen-bond acceptors (Lipinski definition) is 4. The molecule has 0 aromatic heterocycles. The molecular formula is C23H30O4. The number of methoxy groups -OCH3 is 2. The van der Waals surface area contributed by atoms with E-state index in [1.54, 1.807) is 0 Å². The predicted molar refractivity (Wildman–Crippen MR) is 107 cm³/mol. The first-order valence-electron chi connectivity index (χ1n) is 9.30. The van der Waals surface area contributed by atoms with Crippen LogP contribution in [-0.4, -0.2) is 26.2 Å². The molecule has 0 heterocycles. The van der Waals surface area contributed by atoms with Crippen molar-refractivity contribution in [3.8, 4) is 0 Å². The van der Waals surface area contributed by atoms with Crippen LogP contribution in [0.3, 0.4) is 0 Å². The SMILES string of the molecule is COC(=O)[C@@H]1[C@@H](/C(=C/C(C)(C)C)c2ccccc2C)C=CC[C@H]1C(=O)OC. The molecule has 0 N–H and O–H groups in total. The van der Waals surface area contributed by atoms with Gasteiger partial charge in [-0.2, -0.15) is 0 Å². The molecule has 0 bridgehead atoms. The lowest BCUT2D eigenvalue weighted by Gasteiger charge is -2.34. The van der Waals surface area contributed by atoms with E-state index in [9.17, 15) is 9.59 Å². The number of aryl methyl sites for hydroxylation is 1. The molecule has 0 saturated heterocycles. The molecule has 0 aliphatic heterocycles. The van der Waals surface area contributed by atoms with Crippen LogP contribution in [0.2, 0.25) is 0 Å². The highest BCUT2D eigenvalue weighted by Gasteiger charge is 2.43. The Morgan fingerprint density at radius 3 is 2.26 bits per heavy atom. The minimum absolute atomic E-state index is 0.0929. The summed E-state index contributed by atoms with van der Waals surface area (Å²) in [6.07, 6.45) is 6.67. The van der Waals surface area contributed by atoms with Crippen LogP contribution >= 0.6 is 0 Å². The molecule has 4 nitrogen and oxygen atoms in total. The molecule has 0 unspecified atom stereocenters.